The van der Waals surface area contributed by atoms with Gasteiger partial charge in [-0.15, -0.1) is 0 Å². The van der Waals surface area contributed by atoms with Gasteiger partial charge < -0.3 is 28.4 Å². The first kappa shape index (κ1) is 22.5. The summed E-state index contributed by atoms with van der Waals surface area (Å²) in [4.78, 5) is 13.0. The van der Waals surface area contributed by atoms with Crippen LogP contribution in [0.3, 0.4) is 0 Å². The molecule has 33 heavy (non-hydrogen) atoms. The van der Waals surface area contributed by atoms with Crippen LogP contribution in [-0.4, -0.2) is 54.2 Å². The molecule has 3 aliphatic rings. The van der Waals surface area contributed by atoms with Gasteiger partial charge in [0.1, 0.15) is 30.5 Å². The lowest BCUT2D eigenvalue weighted by molar-refractivity contribution is -0.190. The highest BCUT2D eigenvalue weighted by molar-refractivity contribution is 5.89. The number of hydrogen-bond donors (Lipinski definition) is 0. The molecular formula is C26H30O7. The second-order valence-corrected chi connectivity index (χ2v) is 9.63. The molecule has 2 saturated heterocycles. The van der Waals surface area contributed by atoms with Crippen molar-refractivity contribution in [2.24, 2.45) is 0 Å². The molecule has 0 bridgehead atoms. The minimum Gasteiger partial charge on any atom is -0.453 e. The van der Waals surface area contributed by atoms with Crippen LogP contribution in [-0.2, 0) is 35.0 Å². The maximum Gasteiger partial charge on any atom is 0.338 e. The fourth-order valence-corrected chi connectivity index (χ4v) is 4.88. The Kier molecular flexibility index (Phi) is 5.79. The molecule has 3 fully saturated rings. The van der Waals surface area contributed by atoms with Gasteiger partial charge in [-0.2, -0.15) is 0 Å². The van der Waals surface area contributed by atoms with E-state index in [2.05, 4.69) is 0 Å². The molecular weight excluding hydrogens is 424 g/mol. The number of ether oxygens (including phenoxy) is 6. The van der Waals surface area contributed by atoms with Gasteiger partial charge in [0.05, 0.1) is 12.2 Å². The number of hydrogen-bond acceptors (Lipinski definition) is 7. The number of carbonyl (C=O) groups is 1. The number of carbonyl (C=O) groups excluding carboxylic acids is 1. The molecule has 0 aromatic heterocycles. The average molecular weight is 455 g/mol. The van der Waals surface area contributed by atoms with E-state index in [0.717, 1.165) is 5.56 Å². The van der Waals surface area contributed by atoms with E-state index in [1.54, 1.807) is 24.3 Å². The number of benzene rings is 2. The Hall–Kier alpha value is -2.29. The molecule has 2 aliphatic heterocycles. The van der Waals surface area contributed by atoms with E-state index in [9.17, 15) is 4.79 Å². The summed E-state index contributed by atoms with van der Waals surface area (Å²) in [6.45, 7) is 7.77. The highest BCUT2D eigenvalue weighted by Crippen LogP contribution is 2.46. The molecule has 7 nitrogen and oxygen atoms in total. The van der Waals surface area contributed by atoms with Crippen LogP contribution in [0.25, 0.3) is 0 Å². The van der Waals surface area contributed by atoms with Crippen LogP contribution < -0.4 is 0 Å². The van der Waals surface area contributed by atoms with Crippen molar-refractivity contribution >= 4 is 5.97 Å². The summed E-state index contributed by atoms with van der Waals surface area (Å²) >= 11 is 0. The molecule has 1 aliphatic carbocycles. The third kappa shape index (κ3) is 4.56. The quantitative estimate of drug-likeness (QED) is 0.636. The van der Waals surface area contributed by atoms with Crippen LogP contribution in [0.1, 0.15) is 43.6 Å². The Morgan fingerprint density at radius 3 is 1.70 bits per heavy atom. The van der Waals surface area contributed by atoms with Crippen LogP contribution in [0.2, 0.25) is 0 Å². The van der Waals surface area contributed by atoms with Crippen molar-refractivity contribution in [2.75, 3.05) is 0 Å². The number of rotatable bonds is 5. The Morgan fingerprint density at radius 1 is 0.727 bits per heavy atom. The van der Waals surface area contributed by atoms with Crippen molar-refractivity contribution in [2.45, 2.75) is 82.5 Å². The van der Waals surface area contributed by atoms with Gasteiger partial charge in [-0.25, -0.2) is 4.79 Å². The maximum atomic E-state index is 13.0. The molecule has 6 atom stereocenters. The molecule has 176 valence electrons. The smallest absolute Gasteiger partial charge is 0.338 e. The molecule has 0 amide bonds. The standard InChI is InChI=1S/C26H30O7/c1-25(2)30-20-18(28-15-16-11-7-5-8-12-16)21-23(33-26(3,4)31-21)19(22(20)32-25)29-24(27)17-13-9-6-10-14-17/h5-14,18-23H,15H2,1-4H3/t18?,19?,20-,21+,22-,23+. The van der Waals surface area contributed by atoms with Crippen LogP contribution >= 0.6 is 0 Å². The minimum absolute atomic E-state index is 0.389. The van der Waals surface area contributed by atoms with Crippen LogP contribution in [0.5, 0.6) is 0 Å². The lowest BCUT2D eigenvalue weighted by atomic mass is 9.84. The molecule has 0 N–H and O–H groups in total. The molecule has 2 heterocycles. The average Bonchev–Trinajstić information content (AvgIpc) is 3.28. The Bertz CT molecular complexity index is 943. The van der Waals surface area contributed by atoms with Crippen molar-refractivity contribution < 1.29 is 33.2 Å². The number of esters is 1. The van der Waals surface area contributed by atoms with Crippen LogP contribution in [0.4, 0.5) is 0 Å². The zero-order valence-corrected chi connectivity index (χ0v) is 19.3. The summed E-state index contributed by atoms with van der Waals surface area (Å²) in [6, 6.07) is 18.8. The highest BCUT2D eigenvalue weighted by atomic mass is 16.8. The molecule has 7 heteroatoms. The van der Waals surface area contributed by atoms with Crippen molar-refractivity contribution in [3.63, 3.8) is 0 Å². The molecule has 1 saturated carbocycles. The summed E-state index contributed by atoms with van der Waals surface area (Å²) in [5, 5.41) is 0. The van der Waals surface area contributed by atoms with Crippen molar-refractivity contribution in [3.8, 4) is 0 Å². The van der Waals surface area contributed by atoms with Crippen LogP contribution in [0.15, 0.2) is 60.7 Å². The first-order valence-electron chi connectivity index (χ1n) is 11.4. The van der Waals surface area contributed by atoms with Gasteiger partial charge in [0.25, 0.3) is 0 Å². The van der Waals surface area contributed by atoms with E-state index in [4.69, 9.17) is 28.4 Å². The first-order chi connectivity index (χ1) is 15.7. The highest BCUT2D eigenvalue weighted by Gasteiger charge is 2.65. The third-order valence-electron chi connectivity index (χ3n) is 6.16. The fraction of sp³-hybridized carbons (Fsp3) is 0.500. The van der Waals surface area contributed by atoms with E-state index < -0.39 is 54.2 Å². The summed E-state index contributed by atoms with van der Waals surface area (Å²) in [5.41, 5.74) is 1.50. The maximum absolute atomic E-state index is 13.0. The predicted molar refractivity (Wildman–Crippen MR) is 118 cm³/mol. The summed E-state index contributed by atoms with van der Waals surface area (Å²) in [5.74, 6) is -2.17. The summed E-state index contributed by atoms with van der Waals surface area (Å²) in [7, 11) is 0. The first-order valence-corrected chi connectivity index (χ1v) is 11.4. The van der Waals surface area contributed by atoms with E-state index in [-0.39, 0.29) is 0 Å². The van der Waals surface area contributed by atoms with Gasteiger partial charge in [0, 0.05) is 0 Å². The van der Waals surface area contributed by atoms with E-state index in [0.29, 0.717) is 12.2 Å². The fourth-order valence-electron chi connectivity index (χ4n) is 4.88. The number of fused-ring (bicyclic) bond motifs is 2. The van der Waals surface area contributed by atoms with Gasteiger partial charge in [-0.3, -0.25) is 0 Å². The zero-order chi connectivity index (χ0) is 23.2. The monoisotopic (exact) mass is 454 g/mol. The van der Waals surface area contributed by atoms with Crippen LogP contribution in [0, 0.1) is 0 Å². The van der Waals surface area contributed by atoms with Gasteiger partial charge in [0.2, 0.25) is 0 Å². The third-order valence-corrected chi connectivity index (χ3v) is 6.16. The van der Waals surface area contributed by atoms with Gasteiger partial charge >= 0.3 is 5.97 Å². The SMILES string of the molecule is CC1(C)O[C@@H]2C(OCc3ccccc3)[C@@H]3OC(C)(C)O[C@H]3C(OC(=O)c3ccccc3)[C@H]2O1. The van der Waals surface area contributed by atoms with E-state index >= 15 is 0 Å². The Labute approximate surface area is 193 Å². The lowest BCUT2D eigenvalue weighted by Crippen LogP contribution is -2.63. The van der Waals surface area contributed by atoms with Gasteiger partial charge in [0.15, 0.2) is 17.7 Å². The largest absolute Gasteiger partial charge is 0.453 e. The minimum atomic E-state index is -0.866. The zero-order valence-electron chi connectivity index (χ0n) is 19.3. The van der Waals surface area contributed by atoms with Crippen molar-refractivity contribution in [1.82, 2.24) is 0 Å². The molecule has 2 aromatic carbocycles. The van der Waals surface area contributed by atoms with E-state index in [1.165, 1.54) is 0 Å². The molecule has 2 unspecified atom stereocenters. The van der Waals surface area contributed by atoms with Crippen molar-refractivity contribution in [1.29, 1.82) is 0 Å². The van der Waals surface area contributed by atoms with Gasteiger partial charge in [-0.1, -0.05) is 48.5 Å². The van der Waals surface area contributed by atoms with Crippen molar-refractivity contribution in [3.05, 3.63) is 71.8 Å². The lowest BCUT2D eigenvalue weighted by Gasteiger charge is -2.42. The normalized spacial score (nSPS) is 33.8. The van der Waals surface area contributed by atoms with E-state index in [1.807, 2.05) is 64.1 Å². The molecule has 2 aromatic rings. The topological polar surface area (TPSA) is 72.5 Å². The second kappa shape index (κ2) is 8.49. The molecule has 5 rings (SSSR count). The molecule has 0 radical (unpaired) electrons. The Morgan fingerprint density at radius 2 is 1.18 bits per heavy atom. The Balaban J connectivity index is 1.44. The predicted octanol–water partition coefficient (Wildman–Crippen LogP) is 3.85. The summed E-state index contributed by atoms with van der Waals surface area (Å²) < 4.78 is 37.4. The second-order valence-electron chi connectivity index (χ2n) is 9.63. The van der Waals surface area contributed by atoms with Gasteiger partial charge in [-0.05, 0) is 45.4 Å². The molecule has 0 spiro atoms. The summed E-state index contributed by atoms with van der Waals surface area (Å²) in [6.07, 6.45) is -3.28.